The van der Waals surface area contributed by atoms with Gasteiger partial charge in [0.05, 0.1) is 11.6 Å². The van der Waals surface area contributed by atoms with Crippen molar-refractivity contribution in [3.05, 3.63) is 41.2 Å². The minimum absolute atomic E-state index is 0.0378. The number of esters is 1. The van der Waals surface area contributed by atoms with Crippen LogP contribution in [0.5, 0.6) is 0 Å². The molecule has 1 N–H and O–H groups in total. The van der Waals surface area contributed by atoms with Gasteiger partial charge in [0.2, 0.25) is 0 Å². The number of carbonyl (C=O) groups is 2. The van der Waals surface area contributed by atoms with Crippen molar-refractivity contribution in [1.29, 1.82) is 0 Å². The lowest BCUT2D eigenvalue weighted by molar-refractivity contribution is -0.151. The molecule has 4 nitrogen and oxygen atoms in total. The number of rotatable bonds is 4. The van der Waals surface area contributed by atoms with Gasteiger partial charge in [0.25, 0.3) is 5.91 Å². The normalized spacial score (nSPS) is 17.3. The molecule has 0 heterocycles. The van der Waals surface area contributed by atoms with Crippen LogP contribution in [0.15, 0.2) is 30.4 Å². The molecule has 0 unspecified atom stereocenters. The summed E-state index contributed by atoms with van der Waals surface area (Å²) in [6, 6.07) is 3.82. The van der Waals surface area contributed by atoms with Crippen LogP contribution >= 0.6 is 11.6 Å². The highest BCUT2D eigenvalue weighted by Crippen LogP contribution is 2.20. The first kappa shape index (κ1) is 15.5. The summed E-state index contributed by atoms with van der Waals surface area (Å²) < 4.78 is 18.4. The molecule has 1 aromatic carbocycles. The van der Waals surface area contributed by atoms with Gasteiger partial charge in [-0.25, -0.2) is 4.39 Å². The van der Waals surface area contributed by atoms with E-state index >= 15 is 0 Å². The minimum atomic E-state index is -0.601. The lowest BCUT2D eigenvalue weighted by atomic mass is 9.95. The summed E-state index contributed by atoms with van der Waals surface area (Å²) in [6.07, 6.45) is 6.12. The van der Waals surface area contributed by atoms with Gasteiger partial charge in [-0.2, -0.15) is 0 Å². The van der Waals surface area contributed by atoms with E-state index < -0.39 is 24.3 Å². The topological polar surface area (TPSA) is 55.4 Å². The van der Waals surface area contributed by atoms with Crippen LogP contribution in [0.2, 0.25) is 5.02 Å². The molecule has 6 heteroatoms. The maximum absolute atomic E-state index is 13.4. The number of allylic oxidation sites excluding steroid dienone is 2. The molecule has 1 aromatic rings. The molecule has 0 saturated heterocycles. The zero-order valence-corrected chi connectivity index (χ0v) is 12.0. The highest BCUT2D eigenvalue weighted by molar-refractivity contribution is 6.30. The van der Waals surface area contributed by atoms with Gasteiger partial charge in [-0.15, -0.1) is 0 Å². The van der Waals surface area contributed by atoms with Crippen LogP contribution < -0.4 is 5.32 Å². The summed E-state index contributed by atoms with van der Waals surface area (Å²) >= 11 is 5.72. The first-order valence-electron chi connectivity index (χ1n) is 6.63. The van der Waals surface area contributed by atoms with Crippen molar-refractivity contribution in [2.45, 2.75) is 19.3 Å². The van der Waals surface area contributed by atoms with Crippen LogP contribution in [-0.2, 0) is 14.3 Å². The van der Waals surface area contributed by atoms with Crippen molar-refractivity contribution in [2.24, 2.45) is 5.92 Å². The molecular weight excluding hydrogens is 297 g/mol. The van der Waals surface area contributed by atoms with E-state index in [0.717, 1.165) is 18.9 Å². The molecule has 1 atom stereocenters. The van der Waals surface area contributed by atoms with Crippen molar-refractivity contribution in [1.82, 2.24) is 0 Å². The number of anilines is 1. The second-order valence-electron chi connectivity index (χ2n) is 4.76. The predicted octanol–water partition coefficient (Wildman–Crippen LogP) is 3.32. The molecule has 0 aliphatic heterocycles. The maximum atomic E-state index is 13.4. The molecule has 1 aliphatic rings. The lowest BCUT2D eigenvalue weighted by Crippen LogP contribution is -2.25. The Balaban J connectivity index is 1.83. The summed E-state index contributed by atoms with van der Waals surface area (Å²) in [7, 11) is 0. The molecule has 2 rings (SSSR count). The average Bonchev–Trinajstić information content (AvgIpc) is 2.49. The zero-order chi connectivity index (χ0) is 15.2. The second-order valence-corrected chi connectivity index (χ2v) is 5.20. The Labute approximate surface area is 126 Å². The Kier molecular flexibility index (Phi) is 5.33. The van der Waals surface area contributed by atoms with Gasteiger partial charge in [-0.05, 0) is 37.5 Å². The summed E-state index contributed by atoms with van der Waals surface area (Å²) in [6.45, 7) is -0.439. The highest BCUT2D eigenvalue weighted by Gasteiger charge is 2.21. The van der Waals surface area contributed by atoms with Crippen LogP contribution in [0.25, 0.3) is 0 Å². The van der Waals surface area contributed by atoms with Crippen LogP contribution in [-0.4, -0.2) is 18.5 Å². The number of amides is 1. The van der Waals surface area contributed by atoms with E-state index in [1.807, 2.05) is 12.2 Å². The van der Waals surface area contributed by atoms with E-state index in [1.165, 1.54) is 12.1 Å². The van der Waals surface area contributed by atoms with Crippen molar-refractivity contribution in [3.8, 4) is 0 Å². The van der Waals surface area contributed by atoms with E-state index in [-0.39, 0.29) is 11.6 Å². The second kappa shape index (κ2) is 7.22. The zero-order valence-electron chi connectivity index (χ0n) is 11.3. The summed E-state index contributed by atoms with van der Waals surface area (Å²) in [5.74, 6) is -1.81. The van der Waals surface area contributed by atoms with E-state index in [0.29, 0.717) is 11.4 Å². The molecule has 0 fully saturated rings. The van der Waals surface area contributed by atoms with Gasteiger partial charge >= 0.3 is 5.97 Å². The van der Waals surface area contributed by atoms with E-state index in [9.17, 15) is 14.0 Å². The molecule has 0 radical (unpaired) electrons. The number of hydrogen-bond donors (Lipinski definition) is 1. The highest BCUT2D eigenvalue weighted by atomic mass is 35.5. The van der Waals surface area contributed by atoms with Crippen LogP contribution in [0, 0.1) is 11.7 Å². The molecule has 1 amide bonds. The molecule has 112 valence electrons. The summed E-state index contributed by atoms with van der Waals surface area (Å²) in [5, 5.41) is 2.62. The molecular formula is C15H15ClFNO3. The van der Waals surface area contributed by atoms with Gasteiger partial charge in [0.15, 0.2) is 6.61 Å². The Bertz CT molecular complexity index is 574. The first-order valence-corrected chi connectivity index (χ1v) is 7.00. The van der Waals surface area contributed by atoms with Gasteiger partial charge < -0.3 is 10.1 Å². The van der Waals surface area contributed by atoms with E-state index in [1.54, 1.807) is 0 Å². The lowest BCUT2D eigenvalue weighted by Gasteiger charge is -2.16. The Morgan fingerprint density at radius 2 is 2.19 bits per heavy atom. The fraction of sp³-hybridized carbons (Fsp3) is 0.333. The van der Waals surface area contributed by atoms with Gasteiger partial charge in [-0.3, -0.25) is 9.59 Å². The fourth-order valence-electron chi connectivity index (χ4n) is 2.04. The Morgan fingerprint density at radius 1 is 1.38 bits per heavy atom. The Morgan fingerprint density at radius 3 is 2.90 bits per heavy atom. The standard InChI is InChI=1S/C15H15ClFNO3/c16-11-6-7-12(17)13(8-11)18-14(19)9-21-15(20)10-4-2-1-3-5-10/h1-2,6-8,10H,3-5,9H2,(H,18,19)/t10-/m0/s1. The van der Waals surface area contributed by atoms with E-state index in [2.05, 4.69) is 5.32 Å². The Hall–Kier alpha value is -1.88. The average molecular weight is 312 g/mol. The molecule has 0 saturated carbocycles. The van der Waals surface area contributed by atoms with Crippen molar-refractivity contribution >= 4 is 29.2 Å². The van der Waals surface area contributed by atoms with Crippen LogP contribution in [0.1, 0.15) is 19.3 Å². The fourth-order valence-corrected chi connectivity index (χ4v) is 2.21. The summed E-state index contributed by atoms with van der Waals surface area (Å²) in [4.78, 5) is 23.4. The number of carbonyl (C=O) groups excluding carboxylic acids is 2. The van der Waals surface area contributed by atoms with Crippen LogP contribution in [0.3, 0.4) is 0 Å². The SMILES string of the molecule is O=C(COC(=O)[C@H]1CC=CCC1)Nc1cc(Cl)ccc1F. The first-order chi connectivity index (χ1) is 10.1. The van der Waals surface area contributed by atoms with Crippen molar-refractivity contribution in [3.63, 3.8) is 0 Å². The van der Waals surface area contributed by atoms with E-state index in [4.69, 9.17) is 16.3 Å². The largest absolute Gasteiger partial charge is 0.455 e. The third kappa shape index (κ3) is 4.56. The number of nitrogens with one attached hydrogen (secondary N) is 1. The number of ether oxygens (including phenoxy) is 1. The van der Waals surface area contributed by atoms with Gasteiger partial charge in [-0.1, -0.05) is 23.8 Å². The van der Waals surface area contributed by atoms with Crippen LogP contribution in [0.4, 0.5) is 10.1 Å². The van der Waals surface area contributed by atoms with Gasteiger partial charge in [0.1, 0.15) is 5.82 Å². The molecule has 1 aliphatic carbocycles. The monoisotopic (exact) mass is 311 g/mol. The smallest absolute Gasteiger partial charge is 0.309 e. The molecule has 21 heavy (non-hydrogen) atoms. The van der Waals surface area contributed by atoms with Crippen molar-refractivity contribution < 1.29 is 18.7 Å². The molecule has 0 aromatic heterocycles. The third-order valence-corrected chi connectivity index (χ3v) is 3.39. The molecule has 0 spiro atoms. The molecule has 0 bridgehead atoms. The minimum Gasteiger partial charge on any atom is -0.455 e. The maximum Gasteiger partial charge on any atom is 0.309 e. The number of halogens is 2. The summed E-state index contributed by atoms with van der Waals surface area (Å²) in [5.41, 5.74) is -0.0378. The third-order valence-electron chi connectivity index (χ3n) is 3.15. The quantitative estimate of drug-likeness (QED) is 0.685. The number of benzene rings is 1. The predicted molar refractivity (Wildman–Crippen MR) is 77.5 cm³/mol. The number of hydrogen-bond acceptors (Lipinski definition) is 3. The van der Waals surface area contributed by atoms with Gasteiger partial charge in [0, 0.05) is 5.02 Å². The van der Waals surface area contributed by atoms with Crippen molar-refractivity contribution in [2.75, 3.05) is 11.9 Å².